The van der Waals surface area contributed by atoms with E-state index in [0.29, 0.717) is 11.3 Å². The number of nitrogens with two attached hydrogens (primary N) is 2. The number of hydrogen-bond acceptors (Lipinski definition) is 5. The number of halogens is 1. The first kappa shape index (κ1) is 17.3. The van der Waals surface area contributed by atoms with E-state index in [9.17, 15) is 17.6 Å². The summed E-state index contributed by atoms with van der Waals surface area (Å²) in [6.45, 7) is 0.455. The van der Waals surface area contributed by atoms with Crippen molar-refractivity contribution in [3.05, 3.63) is 48.3 Å². The highest BCUT2D eigenvalue weighted by molar-refractivity contribution is 7.89. The first-order valence-corrected chi connectivity index (χ1v) is 8.95. The fraction of sp³-hybridized carbons (Fsp3) is 0.188. The average Bonchev–Trinajstić information content (AvgIpc) is 2.95. The van der Waals surface area contributed by atoms with Crippen LogP contribution in [0.15, 0.2) is 47.4 Å². The molecule has 9 heteroatoms. The van der Waals surface area contributed by atoms with Gasteiger partial charge in [-0.2, -0.15) is 0 Å². The molecule has 25 heavy (non-hydrogen) atoms. The summed E-state index contributed by atoms with van der Waals surface area (Å²) in [5.74, 6) is -0.551. The highest BCUT2D eigenvalue weighted by Gasteiger charge is 2.31. The molecule has 0 unspecified atom stereocenters. The second kappa shape index (κ2) is 6.43. The quantitative estimate of drug-likeness (QED) is 0.850. The first-order chi connectivity index (χ1) is 11.8. The van der Waals surface area contributed by atoms with Gasteiger partial charge in [-0.1, -0.05) is 12.1 Å². The predicted octanol–water partition coefficient (Wildman–Crippen LogP) is 1.42. The molecule has 3 rings (SSSR count). The lowest BCUT2D eigenvalue weighted by molar-refractivity contribution is 0.145. The number of rotatable bonds is 4. The molecule has 1 aliphatic rings. The summed E-state index contributed by atoms with van der Waals surface area (Å²) in [6, 6.07) is 9.87. The van der Waals surface area contributed by atoms with E-state index in [2.05, 4.69) is 0 Å². The largest absolute Gasteiger partial charge is 0.443 e. The van der Waals surface area contributed by atoms with E-state index in [1.165, 1.54) is 41.3 Å². The second-order valence-corrected chi connectivity index (χ2v) is 7.15. The molecule has 2 aromatic rings. The Kier molecular flexibility index (Phi) is 4.46. The number of primary sulfonamides is 1. The fourth-order valence-electron chi connectivity index (χ4n) is 2.59. The van der Waals surface area contributed by atoms with Gasteiger partial charge in [-0.3, -0.25) is 4.90 Å². The van der Waals surface area contributed by atoms with E-state index >= 15 is 0 Å². The minimum absolute atomic E-state index is 0.0547. The molecule has 0 saturated carbocycles. The molecule has 0 aromatic heterocycles. The fourth-order valence-corrected chi connectivity index (χ4v) is 3.10. The molecule has 0 aliphatic carbocycles. The molecule has 1 atom stereocenters. The average molecular weight is 365 g/mol. The van der Waals surface area contributed by atoms with E-state index in [1.807, 2.05) is 0 Å². The smallest absolute Gasteiger partial charge is 0.414 e. The number of ether oxygens (including phenoxy) is 1. The van der Waals surface area contributed by atoms with Crippen LogP contribution in [0.1, 0.15) is 0 Å². The lowest BCUT2D eigenvalue weighted by Gasteiger charge is -2.14. The third-order valence-corrected chi connectivity index (χ3v) is 4.82. The molecule has 1 heterocycles. The highest BCUT2D eigenvalue weighted by Crippen LogP contribution is 2.29. The highest BCUT2D eigenvalue weighted by atomic mass is 32.2. The molecule has 0 bridgehead atoms. The van der Waals surface area contributed by atoms with Crippen molar-refractivity contribution >= 4 is 21.8 Å². The third-order valence-electron chi connectivity index (χ3n) is 3.90. The minimum Gasteiger partial charge on any atom is -0.443 e. The van der Waals surface area contributed by atoms with Crippen LogP contribution in [0.5, 0.6) is 0 Å². The molecule has 7 nitrogen and oxygen atoms in total. The monoisotopic (exact) mass is 365 g/mol. The van der Waals surface area contributed by atoms with Crippen LogP contribution in [-0.2, 0) is 14.8 Å². The van der Waals surface area contributed by atoms with Crippen LogP contribution < -0.4 is 15.8 Å². The van der Waals surface area contributed by atoms with Crippen LogP contribution in [0.4, 0.5) is 14.9 Å². The van der Waals surface area contributed by atoms with Gasteiger partial charge in [0, 0.05) is 12.1 Å². The molecule has 1 aliphatic heterocycles. The number of benzene rings is 2. The van der Waals surface area contributed by atoms with E-state index in [1.54, 1.807) is 6.07 Å². The molecule has 2 aromatic carbocycles. The molecular formula is C16H16FN3O4S. The zero-order valence-corrected chi connectivity index (χ0v) is 13.9. The van der Waals surface area contributed by atoms with Gasteiger partial charge in [0.15, 0.2) is 0 Å². The number of carbonyl (C=O) groups is 1. The Hall–Kier alpha value is -2.49. The number of hydrogen-bond donors (Lipinski definition) is 2. The lowest BCUT2D eigenvalue weighted by atomic mass is 10.0. The van der Waals surface area contributed by atoms with E-state index in [-0.39, 0.29) is 23.5 Å². The standard InChI is InChI=1S/C16H16FN3O4S/c17-15-7-11(20-9-12(8-18)24-16(20)21)3-6-14(15)10-1-4-13(5-2-10)25(19,22)23/h1-7,12H,8-9,18H2,(H2,19,22,23)/t12-/m0/s1. The van der Waals surface area contributed by atoms with Gasteiger partial charge in [0.05, 0.1) is 17.1 Å². The van der Waals surface area contributed by atoms with Crippen molar-refractivity contribution < 1.29 is 22.3 Å². The van der Waals surface area contributed by atoms with Crippen LogP contribution in [-0.4, -0.2) is 33.7 Å². The molecule has 0 radical (unpaired) electrons. The number of nitrogens with zero attached hydrogens (tertiary/aromatic N) is 1. The zero-order valence-electron chi connectivity index (χ0n) is 13.1. The molecule has 0 spiro atoms. The van der Waals surface area contributed by atoms with Crippen LogP contribution >= 0.6 is 0 Å². The van der Waals surface area contributed by atoms with Gasteiger partial charge in [-0.05, 0) is 35.9 Å². The number of carbonyl (C=O) groups excluding carboxylic acids is 1. The van der Waals surface area contributed by atoms with Gasteiger partial charge in [-0.15, -0.1) is 0 Å². The van der Waals surface area contributed by atoms with Crippen molar-refractivity contribution in [2.75, 3.05) is 18.0 Å². The molecule has 1 amide bonds. The maximum absolute atomic E-state index is 14.5. The van der Waals surface area contributed by atoms with Crippen molar-refractivity contribution in [1.29, 1.82) is 0 Å². The normalized spacial score (nSPS) is 17.6. The van der Waals surface area contributed by atoms with Crippen molar-refractivity contribution in [3.8, 4) is 11.1 Å². The van der Waals surface area contributed by atoms with Gasteiger partial charge in [-0.25, -0.2) is 22.7 Å². The van der Waals surface area contributed by atoms with Crippen molar-refractivity contribution in [3.63, 3.8) is 0 Å². The Labute approximate surface area is 144 Å². The molecule has 1 fully saturated rings. The van der Waals surface area contributed by atoms with E-state index in [4.69, 9.17) is 15.6 Å². The second-order valence-electron chi connectivity index (χ2n) is 5.59. The Bertz CT molecular complexity index is 915. The predicted molar refractivity (Wildman–Crippen MR) is 89.9 cm³/mol. The molecule has 132 valence electrons. The Morgan fingerprint density at radius 3 is 2.40 bits per heavy atom. The van der Waals surface area contributed by atoms with Crippen LogP contribution in [0.3, 0.4) is 0 Å². The summed E-state index contributed by atoms with van der Waals surface area (Å²) >= 11 is 0. The maximum Gasteiger partial charge on any atom is 0.414 e. The SMILES string of the molecule is NC[C@H]1CN(c2ccc(-c3ccc(S(N)(=O)=O)cc3)c(F)c2)C(=O)O1. The summed E-state index contributed by atoms with van der Waals surface area (Å²) in [6.07, 6.45) is -0.985. The summed E-state index contributed by atoms with van der Waals surface area (Å²) in [4.78, 5) is 13.1. The van der Waals surface area contributed by atoms with Gasteiger partial charge in [0.2, 0.25) is 10.0 Å². The van der Waals surface area contributed by atoms with Gasteiger partial charge in [0.25, 0.3) is 0 Å². The summed E-state index contributed by atoms with van der Waals surface area (Å²) in [5.41, 5.74) is 6.60. The molecule has 1 saturated heterocycles. The maximum atomic E-state index is 14.5. The van der Waals surface area contributed by atoms with Crippen LogP contribution in [0.2, 0.25) is 0 Å². The number of anilines is 1. The Morgan fingerprint density at radius 1 is 1.20 bits per heavy atom. The third kappa shape index (κ3) is 3.48. The van der Waals surface area contributed by atoms with Gasteiger partial charge in [0.1, 0.15) is 11.9 Å². The topological polar surface area (TPSA) is 116 Å². The molecule has 4 N–H and O–H groups in total. The van der Waals surface area contributed by atoms with Gasteiger partial charge >= 0.3 is 6.09 Å². The Balaban J connectivity index is 1.89. The summed E-state index contributed by atoms with van der Waals surface area (Å²) < 4.78 is 42.1. The van der Waals surface area contributed by atoms with E-state index in [0.717, 1.165) is 0 Å². The summed E-state index contributed by atoms with van der Waals surface area (Å²) in [7, 11) is -3.81. The zero-order chi connectivity index (χ0) is 18.2. The van der Waals surface area contributed by atoms with E-state index < -0.39 is 28.0 Å². The minimum atomic E-state index is -3.81. The number of cyclic esters (lactones) is 1. The van der Waals surface area contributed by atoms with Crippen molar-refractivity contribution in [2.45, 2.75) is 11.0 Å². The first-order valence-electron chi connectivity index (χ1n) is 7.40. The van der Waals surface area contributed by atoms with Crippen LogP contribution in [0.25, 0.3) is 11.1 Å². The Morgan fingerprint density at radius 2 is 1.88 bits per heavy atom. The van der Waals surface area contributed by atoms with Crippen molar-refractivity contribution in [1.82, 2.24) is 0 Å². The number of sulfonamides is 1. The van der Waals surface area contributed by atoms with Gasteiger partial charge < -0.3 is 10.5 Å². The molecular weight excluding hydrogens is 349 g/mol. The van der Waals surface area contributed by atoms with Crippen LogP contribution in [0, 0.1) is 5.82 Å². The van der Waals surface area contributed by atoms with Crippen molar-refractivity contribution in [2.24, 2.45) is 10.9 Å². The number of amides is 1. The lowest BCUT2D eigenvalue weighted by Crippen LogP contribution is -2.27. The summed E-state index contributed by atoms with van der Waals surface area (Å²) in [5, 5.41) is 5.04.